The molecule has 32 heavy (non-hydrogen) atoms. The fourth-order valence-corrected chi connectivity index (χ4v) is 6.24. The lowest BCUT2D eigenvalue weighted by molar-refractivity contribution is -0.163. The second-order valence-corrected chi connectivity index (χ2v) is 10.8. The average Bonchev–Trinajstić information content (AvgIpc) is 3.17. The fourth-order valence-electron chi connectivity index (χ4n) is 4.53. The van der Waals surface area contributed by atoms with Gasteiger partial charge in [-0.3, -0.25) is 9.59 Å². The van der Waals surface area contributed by atoms with Gasteiger partial charge < -0.3 is 14.7 Å². The van der Waals surface area contributed by atoms with Gasteiger partial charge in [-0.25, -0.2) is 8.42 Å². The van der Waals surface area contributed by atoms with E-state index < -0.39 is 34.2 Å². The number of carbonyl (C=O) groups is 2. The lowest BCUT2D eigenvalue weighted by atomic mass is 9.99. The molecule has 1 N–H and O–H groups in total. The number of rotatable bonds is 6. The van der Waals surface area contributed by atoms with Crippen molar-refractivity contribution in [1.29, 1.82) is 0 Å². The molecule has 0 aromatic heterocycles. The summed E-state index contributed by atoms with van der Waals surface area (Å²) in [6, 6.07) is 3.73. The molecule has 0 saturated carbocycles. The molecule has 4 unspecified atom stereocenters. The third kappa shape index (κ3) is 5.00. The average molecular weight is 467 g/mol. The SMILES string of the molecule is CCC1CCCCN1C(=O)C(C)OC(=O)C1CC(O)CN1S(=O)(=O)c1ccc(C)c(C)c1. The van der Waals surface area contributed by atoms with E-state index in [2.05, 4.69) is 0 Å². The number of ether oxygens (including phenoxy) is 1. The number of amides is 1. The van der Waals surface area contributed by atoms with E-state index >= 15 is 0 Å². The summed E-state index contributed by atoms with van der Waals surface area (Å²) in [5.41, 5.74) is 1.77. The molecule has 0 bridgehead atoms. The maximum atomic E-state index is 13.2. The van der Waals surface area contributed by atoms with Crippen LogP contribution in [0.2, 0.25) is 0 Å². The standard InChI is InChI=1S/C23H34N2O6S/c1-5-18-8-6-7-11-24(18)22(27)17(4)31-23(28)21-13-19(26)14-25(21)32(29,30)20-10-9-15(2)16(3)12-20/h9-10,12,17-19,21,26H,5-8,11,13-14H2,1-4H3. The van der Waals surface area contributed by atoms with Crippen LogP contribution in [0, 0.1) is 13.8 Å². The van der Waals surface area contributed by atoms with Crippen LogP contribution < -0.4 is 0 Å². The number of aliphatic hydroxyl groups excluding tert-OH is 1. The van der Waals surface area contributed by atoms with E-state index in [0.717, 1.165) is 41.1 Å². The molecule has 1 amide bonds. The summed E-state index contributed by atoms with van der Waals surface area (Å²) in [5.74, 6) is -1.06. The summed E-state index contributed by atoms with van der Waals surface area (Å²) in [4.78, 5) is 27.7. The highest BCUT2D eigenvalue weighted by atomic mass is 32.2. The zero-order valence-corrected chi connectivity index (χ0v) is 20.1. The molecule has 1 aromatic carbocycles. The van der Waals surface area contributed by atoms with Crippen LogP contribution in [0.1, 0.15) is 57.1 Å². The first kappa shape index (κ1) is 24.7. The van der Waals surface area contributed by atoms with Gasteiger partial charge in [0.25, 0.3) is 5.91 Å². The maximum Gasteiger partial charge on any atom is 0.325 e. The summed E-state index contributed by atoms with van der Waals surface area (Å²) < 4.78 is 32.9. The number of hydrogen-bond acceptors (Lipinski definition) is 6. The highest BCUT2D eigenvalue weighted by Crippen LogP contribution is 2.29. The predicted octanol–water partition coefficient (Wildman–Crippen LogP) is 2.15. The van der Waals surface area contributed by atoms with Gasteiger partial charge in [0.15, 0.2) is 6.10 Å². The number of carbonyl (C=O) groups excluding carboxylic acids is 2. The van der Waals surface area contributed by atoms with Crippen LogP contribution >= 0.6 is 0 Å². The minimum Gasteiger partial charge on any atom is -0.451 e. The summed E-state index contributed by atoms with van der Waals surface area (Å²) >= 11 is 0. The number of β-amino-alcohol motifs (C(OH)–C–C–N with tert-alkyl or cyclic N) is 1. The van der Waals surface area contributed by atoms with Crippen LogP contribution in [0.25, 0.3) is 0 Å². The molecule has 0 spiro atoms. The van der Waals surface area contributed by atoms with E-state index in [0.29, 0.717) is 6.54 Å². The topological polar surface area (TPSA) is 104 Å². The zero-order valence-electron chi connectivity index (χ0n) is 19.3. The van der Waals surface area contributed by atoms with E-state index in [-0.39, 0.29) is 29.8 Å². The summed E-state index contributed by atoms with van der Waals surface area (Å²) in [7, 11) is -4.02. The first-order valence-corrected chi connectivity index (χ1v) is 12.8. The lowest BCUT2D eigenvalue weighted by Gasteiger charge is -2.36. The predicted molar refractivity (Wildman–Crippen MR) is 119 cm³/mol. The van der Waals surface area contributed by atoms with Crippen molar-refractivity contribution in [3.8, 4) is 0 Å². The Morgan fingerprint density at radius 2 is 1.94 bits per heavy atom. The van der Waals surface area contributed by atoms with Crippen LogP contribution in [-0.2, 0) is 24.3 Å². The molecule has 8 nitrogen and oxygen atoms in total. The lowest BCUT2D eigenvalue weighted by Crippen LogP contribution is -2.49. The van der Waals surface area contributed by atoms with Gasteiger partial charge >= 0.3 is 5.97 Å². The molecule has 2 heterocycles. The van der Waals surface area contributed by atoms with Crippen LogP contribution in [0.4, 0.5) is 0 Å². The molecular formula is C23H34N2O6S. The summed E-state index contributed by atoms with van der Waals surface area (Å²) in [6.07, 6.45) is 1.69. The van der Waals surface area contributed by atoms with Crippen molar-refractivity contribution in [3.63, 3.8) is 0 Å². The summed E-state index contributed by atoms with van der Waals surface area (Å²) in [5, 5.41) is 10.2. The van der Waals surface area contributed by atoms with Crippen molar-refractivity contribution < 1.29 is 27.9 Å². The van der Waals surface area contributed by atoms with Gasteiger partial charge in [0.05, 0.1) is 11.0 Å². The molecule has 2 aliphatic rings. The monoisotopic (exact) mass is 466 g/mol. The molecule has 4 atom stereocenters. The number of aliphatic hydroxyl groups is 1. The molecule has 0 aliphatic carbocycles. The van der Waals surface area contributed by atoms with Crippen molar-refractivity contribution in [2.24, 2.45) is 0 Å². The first-order chi connectivity index (χ1) is 15.1. The fraction of sp³-hybridized carbons (Fsp3) is 0.652. The van der Waals surface area contributed by atoms with Crippen molar-refractivity contribution >= 4 is 21.9 Å². The molecule has 3 rings (SSSR count). The Kier molecular flexibility index (Phi) is 7.62. The minimum atomic E-state index is -4.02. The second-order valence-electron chi connectivity index (χ2n) is 8.89. The Labute approximate surface area is 190 Å². The van der Waals surface area contributed by atoms with Crippen LogP contribution in [-0.4, -0.2) is 72.0 Å². The molecule has 0 radical (unpaired) electrons. The van der Waals surface area contributed by atoms with Gasteiger partial charge in [-0.2, -0.15) is 4.31 Å². The molecule has 2 saturated heterocycles. The first-order valence-electron chi connectivity index (χ1n) is 11.3. The second kappa shape index (κ2) is 9.89. The number of sulfonamides is 1. The molecule has 2 fully saturated rings. The van der Waals surface area contributed by atoms with E-state index in [1.54, 1.807) is 17.0 Å². The van der Waals surface area contributed by atoms with Gasteiger partial charge in [0.2, 0.25) is 10.0 Å². The number of hydrogen-bond donors (Lipinski definition) is 1. The Bertz CT molecular complexity index is 963. The number of likely N-dealkylation sites (tertiary alicyclic amines) is 1. The van der Waals surface area contributed by atoms with Crippen molar-refractivity contribution in [1.82, 2.24) is 9.21 Å². The van der Waals surface area contributed by atoms with Gasteiger partial charge in [0, 0.05) is 25.6 Å². The Balaban J connectivity index is 1.75. The molecule has 2 aliphatic heterocycles. The highest BCUT2D eigenvalue weighted by Gasteiger charge is 2.45. The largest absolute Gasteiger partial charge is 0.451 e. The summed E-state index contributed by atoms with van der Waals surface area (Å²) in [6.45, 7) is 7.69. The number of benzene rings is 1. The van der Waals surface area contributed by atoms with E-state index in [1.807, 2.05) is 20.8 Å². The van der Waals surface area contributed by atoms with Gasteiger partial charge in [-0.05, 0) is 69.7 Å². The van der Waals surface area contributed by atoms with Gasteiger partial charge in [0.1, 0.15) is 6.04 Å². The van der Waals surface area contributed by atoms with Crippen LogP contribution in [0.3, 0.4) is 0 Å². The third-order valence-electron chi connectivity index (χ3n) is 6.61. The maximum absolute atomic E-state index is 13.2. The van der Waals surface area contributed by atoms with Crippen LogP contribution in [0.15, 0.2) is 23.1 Å². The zero-order chi connectivity index (χ0) is 23.6. The molecule has 9 heteroatoms. The van der Waals surface area contributed by atoms with E-state index in [4.69, 9.17) is 4.74 Å². The van der Waals surface area contributed by atoms with Crippen molar-refractivity contribution in [2.75, 3.05) is 13.1 Å². The Hall–Kier alpha value is -1.97. The third-order valence-corrected chi connectivity index (χ3v) is 8.48. The minimum absolute atomic E-state index is 0.0644. The number of piperidine rings is 1. The van der Waals surface area contributed by atoms with Gasteiger partial charge in [-0.1, -0.05) is 13.0 Å². The van der Waals surface area contributed by atoms with Gasteiger partial charge in [-0.15, -0.1) is 0 Å². The van der Waals surface area contributed by atoms with E-state index in [9.17, 15) is 23.1 Å². The van der Waals surface area contributed by atoms with Crippen molar-refractivity contribution in [3.05, 3.63) is 29.3 Å². The van der Waals surface area contributed by atoms with Crippen molar-refractivity contribution in [2.45, 2.75) is 89.0 Å². The highest BCUT2D eigenvalue weighted by molar-refractivity contribution is 7.89. The number of esters is 1. The smallest absolute Gasteiger partial charge is 0.325 e. The Morgan fingerprint density at radius 1 is 1.22 bits per heavy atom. The Morgan fingerprint density at radius 3 is 2.59 bits per heavy atom. The molecule has 1 aromatic rings. The normalized spacial score (nSPS) is 25.5. The quantitative estimate of drug-likeness (QED) is 0.644. The van der Waals surface area contributed by atoms with E-state index in [1.165, 1.54) is 13.0 Å². The molecule has 178 valence electrons. The molecular weight excluding hydrogens is 432 g/mol. The number of nitrogens with zero attached hydrogens (tertiary/aromatic N) is 2. The number of aryl methyl sites for hydroxylation is 2. The van der Waals surface area contributed by atoms with Crippen LogP contribution in [0.5, 0.6) is 0 Å².